The van der Waals surface area contributed by atoms with E-state index >= 15 is 0 Å². The van der Waals surface area contributed by atoms with Crippen molar-refractivity contribution in [3.8, 4) is 5.75 Å². The van der Waals surface area contributed by atoms with E-state index in [-0.39, 0.29) is 47.6 Å². The van der Waals surface area contributed by atoms with Crippen molar-refractivity contribution < 1.29 is 23.9 Å². The van der Waals surface area contributed by atoms with Crippen LogP contribution >= 0.6 is 0 Å². The van der Waals surface area contributed by atoms with Crippen LogP contribution < -0.4 is 15.4 Å². The molecule has 5 rings (SSSR count). The van der Waals surface area contributed by atoms with Gasteiger partial charge in [-0.15, -0.1) is 0 Å². The normalized spacial score (nSPS) is 28.2. The van der Waals surface area contributed by atoms with Gasteiger partial charge in [0.1, 0.15) is 11.9 Å². The number of nitrogens with one attached hydrogen (secondary N) is 2. The second kappa shape index (κ2) is 7.16. The van der Waals surface area contributed by atoms with Crippen LogP contribution in [0.2, 0.25) is 0 Å². The summed E-state index contributed by atoms with van der Waals surface area (Å²) < 4.78 is 10.5. The molecule has 5 atom stereocenters. The Morgan fingerprint density at radius 2 is 1.83 bits per heavy atom. The van der Waals surface area contributed by atoms with Gasteiger partial charge in [0.05, 0.1) is 18.9 Å². The fourth-order valence-electron chi connectivity index (χ4n) is 5.20. The number of rotatable bonds is 5. The molecule has 0 aromatic heterocycles. The summed E-state index contributed by atoms with van der Waals surface area (Å²) in [4.78, 5) is 37.7. The van der Waals surface area contributed by atoms with Crippen molar-refractivity contribution in [2.45, 2.75) is 18.9 Å². The predicted octanol–water partition coefficient (Wildman–Crippen LogP) is 3.08. The zero-order chi connectivity index (χ0) is 20.8. The molecule has 2 amide bonds. The molecule has 2 saturated carbocycles. The summed E-state index contributed by atoms with van der Waals surface area (Å²) in [6.45, 7) is 0. The van der Waals surface area contributed by atoms with Gasteiger partial charge in [-0.3, -0.25) is 14.4 Å². The molecule has 1 heterocycles. The molecular weight excluding hydrogens is 384 g/mol. The largest absolute Gasteiger partial charge is 0.497 e. The highest BCUT2D eigenvalue weighted by molar-refractivity contribution is 6.05. The first kappa shape index (κ1) is 18.7. The summed E-state index contributed by atoms with van der Waals surface area (Å²) in [6, 6.07) is 13.8. The smallest absolute Gasteiger partial charge is 0.310 e. The highest BCUT2D eigenvalue weighted by atomic mass is 16.6. The second-order valence-corrected chi connectivity index (χ2v) is 8.17. The van der Waals surface area contributed by atoms with Crippen LogP contribution in [-0.2, 0) is 14.3 Å². The number of carbonyl (C=O) groups excluding carboxylic acids is 3. The van der Waals surface area contributed by atoms with Crippen LogP contribution in [0.5, 0.6) is 5.75 Å². The van der Waals surface area contributed by atoms with Crippen molar-refractivity contribution in [2.75, 3.05) is 17.7 Å². The zero-order valence-corrected chi connectivity index (χ0v) is 16.5. The van der Waals surface area contributed by atoms with Crippen LogP contribution in [0.1, 0.15) is 23.2 Å². The van der Waals surface area contributed by atoms with Crippen LogP contribution in [0.25, 0.3) is 0 Å². The highest BCUT2D eigenvalue weighted by Gasteiger charge is 2.63. The van der Waals surface area contributed by atoms with E-state index in [2.05, 4.69) is 10.6 Å². The van der Waals surface area contributed by atoms with Gasteiger partial charge in [0.25, 0.3) is 5.91 Å². The lowest BCUT2D eigenvalue weighted by Crippen LogP contribution is -2.35. The molecule has 3 aliphatic rings. The summed E-state index contributed by atoms with van der Waals surface area (Å²) >= 11 is 0. The standard InChI is InChI=1S/C23H22N2O5/c1-29-16-7-5-14(6-8-16)24-21(26)12-3-2-4-15(9-12)25-22(27)19-13-10-17-18(11-13)30-23(28)20(17)19/h2-9,13,17-20H,10-11H2,1H3,(H,24,26)(H,25,27)/t13-,17+,18+,19-,20+/m1/s1. The Morgan fingerprint density at radius 3 is 2.60 bits per heavy atom. The van der Waals surface area contributed by atoms with Gasteiger partial charge in [0.2, 0.25) is 5.91 Å². The average molecular weight is 406 g/mol. The minimum absolute atomic E-state index is 0.00142. The number of carbonyl (C=O) groups is 3. The number of hydrogen-bond acceptors (Lipinski definition) is 5. The van der Waals surface area contributed by atoms with E-state index in [0.717, 1.165) is 12.8 Å². The van der Waals surface area contributed by atoms with Crippen molar-refractivity contribution >= 4 is 29.2 Å². The van der Waals surface area contributed by atoms with Gasteiger partial charge in [-0.25, -0.2) is 0 Å². The first-order valence-electron chi connectivity index (χ1n) is 10.1. The van der Waals surface area contributed by atoms with Gasteiger partial charge in [0, 0.05) is 22.9 Å². The van der Waals surface area contributed by atoms with Gasteiger partial charge in [-0.1, -0.05) is 6.07 Å². The topological polar surface area (TPSA) is 93.7 Å². The molecule has 7 nitrogen and oxygen atoms in total. The lowest BCUT2D eigenvalue weighted by Gasteiger charge is -2.23. The Morgan fingerprint density at radius 1 is 1.03 bits per heavy atom. The monoisotopic (exact) mass is 406 g/mol. The molecule has 0 spiro atoms. The van der Waals surface area contributed by atoms with Crippen molar-refractivity contribution in [3.05, 3.63) is 54.1 Å². The van der Waals surface area contributed by atoms with Gasteiger partial charge in [0.15, 0.2) is 0 Å². The minimum atomic E-state index is -0.349. The maximum absolute atomic E-state index is 12.9. The maximum Gasteiger partial charge on any atom is 0.310 e. The summed E-state index contributed by atoms with van der Waals surface area (Å²) in [5, 5.41) is 5.73. The number of ether oxygens (including phenoxy) is 2. The summed E-state index contributed by atoms with van der Waals surface area (Å²) in [5.41, 5.74) is 1.61. The number of fused-ring (bicyclic) bond motifs is 1. The molecule has 2 aromatic rings. The zero-order valence-electron chi connectivity index (χ0n) is 16.5. The SMILES string of the molecule is COc1ccc(NC(=O)c2cccc(NC(=O)[C@@H]3[C@@H]4C[C@@H]5[C@@H]3C(=O)O[C@H]5C4)c2)cc1. The number of anilines is 2. The molecule has 2 bridgehead atoms. The van der Waals surface area contributed by atoms with Crippen molar-refractivity contribution in [3.63, 3.8) is 0 Å². The van der Waals surface area contributed by atoms with E-state index < -0.39 is 0 Å². The van der Waals surface area contributed by atoms with Gasteiger partial charge < -0.3 is 20.1 Å². The third-order valence-corrected chi connectivity index (χ3v) is 6.53. The Kier molecular flexibility index (Phi) is 4.46. The van der Waals surface area contributed by atoms with Crippen LogP contribution in [0, 0.1) is 23.7 Å². The van der Waals surface area contributed by atoms with E-state index in [1.165, 1.54) is 0 Å². The van der Waals surface area contributed by atoms with Gasteiger partial charge in [-0.2, -0.15) is 0 Å². The first-order chi connectivity index (χ1) is 14.5. The third-order valence-electron chi connectivity index (χ3n) is 6.53. The van der Waals surface area contributed by atoms with Gasteiger partial charge >= 0.3 is 5.97 Å². The molecular formula is C23H22N2O5. The number of benzene rings is 2. The Bertz CT molecular complexity index is 1020. The van der Waals surface area contributed by atoms with Gasteiger partial charge in [-0.05, 0) is 61.2 Å². The molecule has 2 aromatic carbocycles. The minimum Gasteiger partial charge on any atom is -0.497 e. The summed E-state index contributed by atoms with van der Waals surface area (Å²) in [7, 11) is 1.58. The Balaban J connectivity index is 1.27. The fraction of sp³-hybridized carbons (Fsp3) is 0.348. The van der Waals surface area contributed by atoms with E-state index in [4.69, 9.17) is 9.47 Å². The molecule has 30 heavy (non-hydrogen) atoms. The van der Waals surface area contributed by atoms with Crippen molar-refractivity contribution in [1.29, 1.82) is 0 Å². The molecule has 2 aliphatic carbocycles. The Labute approximate surface area is 173 Å². The predicted molar refractivity (Wildman–Crippen MR) is 109 cm³/mol. The molecule has 0 radical (unpaired) electrons. The Hall–Kier alpha value is -3.35. The molecule has 7 heteroatoms. The van der Waals surface area contributed by atoms with Crippen LogP contribution in [0.3, 0.4) is 0 Å². The molecule has 2 N–H and O–H groups in total. The molecule has 1 saturated heterocycles. The van der Waals surface area contributed by atoms with Crippen molar-refractivity contribution in [1.82, 2.24) is 0 Å². The molecule has 1 aliphatic heterocycles. The van der Waals surface area contributed by atoms with Crippen LogP contribution in [0.4, 0.5) is 11.4 Å². The second-order valence-electron chi connectivity index (χ2n) is 8.17. The average Bonchev–Trinajstić information content (AvgIpc) is 3.37. The highest BCUT2D eigenvalue weighted by Crippen LogP contribution is 2.57. The quantitative estimate of drug-likeness (QED) is 0.745. The number of esters is 1. The maximum atomic E-state index is 12.9. The summed E-state index contributed by atoms with van der Waals surface area (Å²) in [5.74, 6) is -0.282. The lowest BCUT2D eigenvalue weighted by atomic mass is 9.79. The van der Waals surface area contributed by atoms with E-state index in [0.29, 0.717) is 22.7 Å². The molecule has 3 fully saturated rings. The number of methoxy groups -OCH3 is 1. The third kappa shape index (κ3) is 3.10. The van der Waals surface area contributed by atoms with E-state index in [1.807, 2.05) is 0 Å². The molecule has 0 unspecified atom stereocenters. The van der Waals surface area contributed by atoms with Crippen LogP contribution in [-0.4, -0.2) is 31.0 Å². The lowest BCUT2D eigenvalue weighted by molar-refractivity contribution is -0.145. The van der Waals surface area contributed by atoms with Crippen molar-refractivity contribution in [2.24, 2.45) is 23.7 Å². The molecule has 154 valence electrons. The number of amides is 2. The van der Waals surface area contributed by atoms with Crippen LogP contribution in [0.15, 0.2) is 48.5 Å². The first-order valence-corrected chi connectivity index (χ1v) is 10.1. The fourth-order valence-corrected chi connectivity index (χ4v) is 5.20. The summed E-state index contributed by atoms with van der Waals surface area (Å²) in [6.07, 6.45) is 1.65. The van der Waals surface area contributed by atoms with E-state index in [9.17, 15) is 14.4 Å². The number of hydrogen-bond donors (Lipinski definition) is 2. The van der Waals surface area contributed by atoms with E-state index in [1.54, 1.807) is 55.6 Å².